The number of likely N-dealkylation sites (N-methyl/N-ethyl adjacent to an activating group) is 1. The minimum atomic E-state index is -0.463. The van der Waals surface area contributed by atoms with Gasteiger partial charge in [0.1, 0.15) is 11.9 Å². The van der Waals surface area contributed by atoms with Crippen molar-refractivity contribution in [1.29, 1.82) is 0 Å². The summed E-state index contributed by atoms with van der Waals surface area (Å²) in [5.74, 6) is 0.761. The quantitative estimate of drug-likeness (QED) is 0.575. The van der Waals surface area contributed by atoms with Gasteiger partial charge in [-0.25, -0.2) is 4.79 Å². The molecule has 3 atom stereocenters. The third-order valence-corrected chi connectivity index (χ3v) is 5.83. The van der Waals surface area contributed by atoms with Crippen molar-refractivity contribution in [3.63, 3.8) is 0 Å². The first-order valence-electron chi connectivity index (χ1n) is 11.3. The Hall–Kier alpha value is -3.30. The minimum absolute atomic E-state index is 0.00492. The van der Waals surface area contributed by atoms with Crippen LogP contribution in [0.5, 0.6) is 11.5 Å². The molecule has 0 aliphatic carbocycles. The zero-order chi connectivity index (χ0) is 24.8. The number of anilines is 2. The Labute approximate surface area is 200 Å². The number of fused-ring (bicyclic) bond motifs is 1. The molecule has 3 amide bonds. The van der Waals surface area contributed by atoms with Crippen LogP contribution in [0.15, 0.2) is 42.5 Å². The molecule has 3 N–H and O–H groups in total. The molecule has 3 rings (SSSR count). The van der Waals surface area contributed by atoms with E-state index in [9.17, 15) is 14.7 Å². The van der Waals surface area contributed by atoms with Crippen LogP contribution in [0.3, 0.4) is 0 Å². The fourth-order valence-corrected chi connectivity index (χ4v) is 3.88. The predicted octanol–water partition coefficient (Wildman–Crippen LogP) is 3.12. The Kier molecular flexibility index (Phi) is 8.36. The van der Waals surface area contributed by atoms with Gasteiger partial charge in [0.25, 0.3) is 5.91 Å². The zero-order valence-corrected chi connectivity index (χ0v) is 20.4. The van der Waals surface area contributed by atoms with Crippen molar-refractivity contribution < 1.29 is 24.2 Å². The molecule has 9 nitrogen and oxygen atoms in total. The largest absolute Gasteiger partial charge is 0.497 e. The number of methoxy groups -OCH3 is 1. The van der Waals surface area contributed by atoms with Crippen molar-refractivity contribution in [3.05, 3.63) is 48.0 Å². The van der Waals surface area contributed by atoms with E-state index >= 15 is 0 Å². The Balaban J connectivity index is 1.93. The number of benzene rings is 2. The van der Waals surface area contributed by atoms with Crippen LogP contribution in [0, 0.1) is 5.92 Å². The Morgan fingerprint density at radius 2 is 1.94 bits per heavy atom. The van der Waals surface area contributed by atoms with Crippen molar-refractivity contribution in [1.82, 2.24) is 9.80 Å². The normalized spacial score (nSPS) is 18.9. The number of aliphatic hydroxyl groups excluding tert-OH is 1. The average Bonchev–Trinajstić information content (AvgIpc) is 2.81. The van der Waals surface area contributed by atoms with E-state index in [-0.39, 0.29) is 30.6 Å². The number of rotatable bonds is 7. The van der Waals surface area contributed by atoms with Gasteiger partial charge >= 0.3 is 6.03 Å². The number of amides is 3. The van der Waals surface area contributed by atoms with Crippen molar-refractivity contribution in [2.75, 3.05) is 51.5 Å². The van der Waals surface area contributed by atoms with Gasteiger partial charge in [-0.05, 0) is 57.4 Å². The summed E-state index contributed by atoms with van der Waals surface area (Å²) >= 11 is 0. The first kappa shape index (κ1) is 25.3. The molecule has 34 heavy (non-hydrogen) atoms. The van der Waals surface area contributed by atoms with E-state index < -0.39 is 6.03 Å². The van der Waals surface area contributed by atoms with Gasteiger partial charge < -0.3 is 35.0 Å². The standard InChI is InChI=1S/C25H34N4O5/c1-16-13-29(17(2)15-30)24(31)20-7-6-8-21(23(20)34-22(16)14-28(3)4)27-25(32)26-18-9-11-19(33-5)12-10-18/h6-12,16-17,22,30H,13-15H2,1-5H3,(H2,26,27,32)/t16-,17+,22+/m1/s1. The van der Waals surface area contributed by atoms with Gasteiger partial charge in [0.05, 0.1) is 31.0 Å². The van der Waals surface area contributed by atoms with Gasteiger partial charge in [0.2, 0.25) is 0 Å². The molecule has 0 fully saturated rings. The molecule has 1 heterocycles. The molecule has 9 heteroatoms. The third kappa shape index (κ3) is 5.98. The maximum Gasteiger partial charge on any atom is 0.323 e. The smallest absolute Gasteiger partial charge is 0.323 e. The molecule has 0 radical (unpaired) electrons. The molecule has 0 saturated carbocycles. The number of aliphatic hydroxyl groups is 1. The molecule has 0 unspecified atom stereocenters. The number of nitrogens with one attached hydrogen (secondary N) is 2. The number of ether oxygens (including phenoxy) is 2. The molecular weight excluding hydrogens is 436 g/mol. The lowest BCUT2D eigenvalue weighted by Crippen LogP contribution is -2.49. The first-order chi connectivity index (χ1) is 16.2. The first-order valence-corrected chi connectivity index (χ1v) is 11.3. The number of nitrogens with zero attached hydrogens (tertiary/aromatic N) is 2. The van der Waals surface area contributed by atoms with Crippen LogP contribution in [0.25, 0.3) is 0 Å². The van der Waals surface area contributed by atoms with Crippen LogP contribution < -0.4 is 20.1 Å². The molecule has 184 valence electrons. The lowest BCUT2D eigenvalue weighted by Gasteiger charge is -2.38. The Bertz CT molecular complexity index is 995. The highest BCUT2D eigenvalue weighted by Gasteiger charge is 2.34. The van der Waals surface area contributed by atoms with Crippen LogP contribution in [-0.2, 0) is 0 Å². The van der Waals surface area contributed by atoms with E-state index in [4.69, 9.17) is 9.47 Å². The highest BCUT2D eigenvalue weighted by Crippen LogP contribution is 2.35. The fraction of sp³-hybridized carbons (Fsp3) is 0.440. The SMILES string of the molecule is COc1ccc(NC(=O)Nc2cccc3c2O[C@@H](CN(C)C)[C@H](C)CN([C@@H](C)CO)C3=O)cc1. The second-order valence-corrected chi connectivity index (χ2v) is 8.87. The van der Waals surface area contributed by atoms with E-state index in [1.807, 2.05) is 32.8 Å². The summed E-state index contributed by atoms with van der Waals surface area (Å²) in [5, 5.41) is 15.4. The van der Waals surface area contributed by atoms with Crippen molar-refractivity contribution in [3.8, 4) is 11.5 Å². The van der Waals surface area contributed by atoms with E-state index in [1.54, 1.807) is 54.5 Å². The lowest BCUT2D eigenvalue weighted by molar-refractivity contribution is 0.0365. The maximum absolute atomic E-state index is 13.4. The summed E-state index contributed by atoms with van der Waals surface area (Å²) in [6, 6.07) is 11.2. The zero-order valence-electron chi connectivity index (χ0n) is 20.4. The topological polar surface area (TPSA) is 103 Å². The van der Waals surface area contributed by atoms with Gasteiger partial charge in [-0.1, -0.05) is 13.0 Å². The highest BCUT2D eigenvalue weighted by molar-refractivity contribution is 6.04. The van der Waals surface area contributed by atoms with Gasteiger partial charge in [0, 0.05) is 24.7 Å². The lowest BCUT2D eigenvalue weighted by atomic mass is 9.99. The number of para-hydroxylation sites is 1. The van der Waals surface area contributed by atoms with Gasteiger partial charge in [-0.3, -0.25) is 4.79 Å². The molecule has 0 bridgehead atoms. The molecule has 2 aromatic carbocycles. The number of carbonyl (C=O) groups excluding carboxylic acids is 2. The molecule has 0 spiro atoms. The third-order valence-electron chi connectivity index (χ3n) is 5.83. The van der Waals surface area contributed by atoms with Crippen LogP contribution in [0.1, 0.15) is 24.2 Å². The van der Waals surface area contributed by atoms with E-state index in [0.29, 0.717) is 41.5 Å². The summed E-state index contributed by atoms with van der Waals surface area (Å²) in [6.07, 6.45) is -0.233. The van der Waals surface area contributed by atoms with Crippen LogP contribution >= 0.6 is 0 Å². The maximum atomic E-state index is 13.4. The van der Waals surface area contributed by atoms with Crippen molar-refractivity contribution >= 4 is 23.3 Å². The molecule has 0 aromatic heterocycles. The number of urea groups is 1. The van der Waals surface area contributed by atoms with E-state index in [0.717, 1.165) is 0 Å². The van der Waals surface area contributed by atoms with E-state index in [1.165, 1.54) is 0 Å². The molecule has 1 aliphatic heterocycles. The number of hydrogen-bond acceptors (Lipinski definition) is 6. The predicted molar refractivity (Wildman–Crippen MR) is 132 cm³/mol. The van der Waals surface area contributed by atoms with Crippen LogP contribution in [-0.4, -0.2) is 79.9 Å². The molecular formula is C25H34N4O5. The fourth-order valence-electron chi connectivity index (χ4n) is 3.88. The minimum Gasteiger partial charge on any atom is -0.497 e. The molecule has 0 saturated heterocycles. The van der Waals surface area contributed by atoms with Gasteiger partial charge in [-0.15, -0.1) is 0 Å². The van der Waals surface area contributed by atoms with Crippen molar-refractivity contribution in [2.24, 2.45) is 5.92 Å². The average molecular weight is 471 g/mol. The van der Waals surface area contributed by atoms with Crippen LogP contribution in [0.2, 0.25) is 0 Å². The molecule has 1 aliphatic rings. The highest BCUT2D eigenvalue weighted by atomic mass is 16.5. The Morgan fingerprint density at radius 1 is 1.24 bits per heavy atom. The molecule has 2 aromatic rings. The van der Waals surface area contributed by atoms with Gasteiger partial charge in [-0.2, -0.15) is 0 Å². The summed E-state index contributed by atoms with van der Waals surface area (Å²) < 4.78 is 11.5. The van der Waals surface area contributed by atoms with Crippen molar-refractivity contribution in [2.45, 2.75) is 26.0 Å². The van der Waals surface area contributed by atoms with Gasteiger partial charge in [0.15, 0.2) is 5.75 Å². The number of hydrogen-bond donors (Lipinski definition) is 3. The van der Waals surface area contributed by atoms with E-state index in [2.05, 4.69) is 10.6 Å². The van der Waals surface area contributed by atoms with Crippen LogP contribution in [0.4, 0.5) is 16.2 Å². The summed E-state index contributed by atoms with van der Waals surface area (Å²) in [7, 11) is 5.50. The summed E-state index contributed by atoms with van der Waals surface area (Å²) in [4.78, 5) is 29.9. The monoisotopic (exact) mass is 470 g/mol. The second kappa shape index (κ2) is 11.2. The summed E-state index contributed by atoms with van der Waals surface area (Å²) in [5.41, 5.74) is 1.33. The summed E-state index contributed by atoms with van der Waals surface area (Å²) in [6.45, 7) is 4.78. The number of carbonyl (C=O) groups is 2. The Morgan fingerprint density at radius 3 is 2.56 bits per heavy atom. The second-order valence-electron chi connectivity index (χ2n) is 8.87.